The van der Waals surface area contributed by atoms with Gasteiger partial charge in [0.25, 0.3) is 10.0 Å². The zero-order chi connectivity index (χ0) is 19.3. The molecule has 26 heavy (non-hydrogen) atoms. The molecule has 0 saturated carbocycles. The Hall–Kier alpha value is -2.26. The maximum atomic E-state index is 13.1. The summed E-state index contributed by atoms with van der Waals surface area (Å²) >= 11 is 5.89. The van der Waals surface area contributed by atoms with Crippen LogP contribution in [0.1, 0.15) is 12.5 Å². The van der Waals surface area contributed by atoms with E-state index in [9.17, 15) is 26.4 Å². The molecule has 0 aromatic heterocycles. The van der Waals surface area contributed by atoms with E-state index in [1.807, 2.05) is 0 Å². The van der Waals surface area contributed by atoms with Gasteiger partial charge < -0.3 is 5.32 Å². The fourth-order valence-corrected chi connectivity index (χ4v) is 4.79. The van der Waals surface area contributed by atoms with Crippen molar-refractivity contribution in [2.24, 2.45) is 0 Å². The third-order valence-electron chi connectivity index (χ3n) is 3.93. The molecular weight excluding hydrogens is 393 g/mol. The molecule has 1 aliphatic heterocycles. The predicted molar refractivity (Wildman–Crippen MR) is 90.7 cm³/mol. The molecule has 0 radical (unpaired) electrons. The summed E-state index contributed by atoms with van der Waals surface area (Å²) in [5, 5.41) is 2.19. The van der Waals surface area contributed by atoms with E-state index in [-0.39, 0.29) is 16.4 Å². The highest BCUT2D eigenvalue weighted by Crippen LogP contribution is 2.39. The van der Waals surface area contributed by atoms with Gasteiger partial charge in [0.15, 0.2) is 0 Å². The van der Waals surface area contributed by atoms with Crippen molar-refractivity contribution < 1.29 is 26.4 Å². The summed E-state index contributed by atoms with van der Waals surface area (Å²) in [5.74, 6) is -0.602. The standard InChI is InChI=1S/C16H12ClF3N2O3S/c1-9-15(23)21-12-4-2-3-5-13(12)22(9)26(24,25)14-8-10(16(18,19)20)6-7-11(14)17/h2-9H,1H3,(H,21,23). The highest BCUT2D eigenvalue weighted by atomic mass is 35.5. The van der Waals surface area contributed by atoms with Gasteiger partial charge in [-0.1, -0.05) is 23.7 Å². The quantitative estimate of drug-likeness (QED) is 0.825. The molecule has 0 saturated heterocycles. The number of halogens is 4. The monoisotopic (exact) mass is 404 g/mol. The van der Waals surface area contributed by atoms with Crippen LogP contribution in [-0.2, 0) is 21.0 Å². The smallest absolute Gasteiger partial charge is 0.322 e. The lowest BCUT2D eigenvalue weighted by Crippen LogP contribution is -2.49. The Labute approximate surface area is 152 Å². The third-order valence-corrected chi connectivity index (χ3v) is 6.29. The molecule has 2 aromatic rings. The Kier molecular flexibility index (Phi) is 4.40. The second-order valence-corrected chi connectivity index (χ2v) is 7.82. The van der Waals surface area contributed by atoms with Gasteiger partial charge in [-0.3, -0.25) is 9.10 Å². The first-order chi connectivity index (χ1) is 12.0. The molecule has 0 bridgehead atoms. The van der Waals surface area contributed by atoms with Crippen LogP contribution in [0.25, 0.3) is 0 Å². The van der Waals surface area contributed by atoms with Gasteiger partial charge in [-0.2, -0.15) is 13.2 Å². The SMILES string of the molecule is CC1C(=O)Nc2ccccc2N1S(=O)(=O)c1cc(C(F)(F)F)ccc1Cl. The minimum Gasteiger partial charge on any atom is -0.322 e. The number of benzene rings is 2. The minimum atomic E-state index is -4.74. The second-order valence-electron chi connectivity index (χ2n) is 5.63. The molecule has 0 aliphatic carbocycles. The lowest BCUT2D eigenvalue weighted by Gasteiger charge is -2.35. The Morgan fingerprint density at radius 2 is 1.81 bits per heavy atom. The van der Waals surface area contributed by atoms with Crippen LogP contribution < -0.4 is 9.62 Å². The Morgan fingerprint density at radius 3 is 2.46 bits per heavy atom. The molecule has 0 fully saturated rings. The summed E-state index contributed by atoms with van der Waals surface area (Å²) in [6.45, 7) is 1.34. The van der Waals surface area contributed by atoms with Gasteiger partial charge in [-0.15, -0.1) is 0 Å². The molecule has 1 atom stereocenters. The van der Waals surface area contributed by atoms with E-state index in [0.717, 1.165) is 10.4 Å². The molecule has 1 unspecified atom stereocenters. The minimum absolute atomic E-state index is 0.146. The number of nitrogens with one attached hydrogen (secondary N) is 1. The number of anilines is 2. The first-order valence-corrected chi connectivity index (χ1v) is 9.16. The highest BCUT2D eigenvalue weighted by molar-refractivity contribution is 7.93. The van der Waals surface area contributed by atoms with Gasteiger partial charge in [0.2, 0.25) is 5.91 Å². The van der Waals surface area contributed by atoms with Crippen LogP contribution in [0.15, 0.2) is 47.4 Å². The summed E-state index contributed by atoms with van der Waals surface area (Å²) in [7, 11) is -4.53. The number of rotatable bonds is 2. The van der Waals surface area contributed by atoms with Crippen molar-refractivity contribution in [2.75, 3.05) is 9.62 Å². The molecular formula is C16H12ClF3N2O3S. The summed E-state index contributed by atoms with van der Waals surface area (Å²) in [5.41, 5.74) is -0.766. The number of nitrogens with zero attached hydrogens (tertiary/aromatic N) is 1. The number of sulfonamides is 1. The van der Waals surface area contributed by atoms with E-state index in [0.29, 0.717) is 12.1 Å². The highest BCUT2D eigenvalue weighted by Gasteiger charge is 2.40. The van der Waals surface area contributed by atoms with Crippen LogP contribution in [-0.4, -0.2) is 20.4 Å². The fraction of sp³-hybridized carbons (Fsp3) is 0.188. The summed E-state index contributed by atoms with van der Waals surface area (Å²) < 4.78 is 66.0. The van der Waals surface area contributed by atoms with E-state index < -0.39 is 38.6 Å². The van der Waals surface area contributed by atoms with Gasteiger partial charge in [0, 0.05) is 0 Å². The number of hydrogen-bond donors (Lipinski definition) is 1. The lowest BCUT2D eigenvalue weighted by molar-refractivity contribution is -0.137. The molecule has 1 N–H and O–H groups in total. The van der Waals surface area contributed by atoms with Crippen molar-refractivity contribution in [2.45, 2.75) is 24.0 Å². The van der Waals surface area contributed by atoms with E-state index in [1.54, 1.807) is 12.1 Å². The zero-order valence-electron chi connectivity index (χ0n) is 13.2. The number of carbonyl (C=O) groups excluding carboxylic acids is 1. The molecule has 1 aliphatic rings. The van der Waals surface area contributed by atoms with E-state index in [4.69, 9.17) is 11.6 Å². The average Bonchev–Trinajstić information content (AvgIpc) is 2.54. The van der Waals surface area contributed by atoms with Crippen molar-refractivity contribution >= 4 is 38.9 Å². The molecule has 2 aromatic carbocycles. The van der Waals surface area contributed by atoms with Gasteiger partial charge in [-0.05, 0) is 37.3 Å². The number of alkyl halides is 3. The van der Waals surface area contributed by atoms with Crippen LogP contribution in [0.5, 0.6) is 0 Å². The summed E-state index contributed by atoms with van der Waals surface area (Å²) in [4.78, 5) is 11.4. The molecule has 10 heteroatoms. The zero-order valence-corrected chi connectivity index (χ0v) is 14.8. The largest absolute Gasteiger partial charge is 0.416 e. The normalized spacial score (nSPS) is 17.7. The maximum Gasteiger partial charge on any atom is 0.416 e. The van der Waals surface area contributed by atoms with Crippen molar-refractivity contribution in [1.29, 1.82) is 0 Å². The van der Waals surface area contributed by atoms with Crippen LogP contribution in [0.2, 0.25) is 5.02 Å². The number of hydrogen-bond acceptors (Lipinski definition) is 3. The molecule has 1 amide bonds. The predicted octanol–water partition coefficient (Wildman–Crippen LogP) is 3.89. The van der Waals surface area contributed by atoms with Gasteiger partial charge in [0.1, 0.15) is 10.9 Å². The Balaban J connectivity index is 2.22. The number of para-hydroxylation sites is 2. The fourth-order valence-electron chi connectivity index (χ4n) is 2.64. The number of fused-ring (bicyclic) bond motifs is 1. The van der Waals surface area contributed by atoms with E-state index in [2.05, 4.69) is 5.32 Å². The van der Waals surface area contributed by atoms with Crippen LogP contribution in [0, 0.1) is 0 Å². The molecule has 1 heterocycles. The average molecular weight is 405 g/mol. The number of amides is 1. The van der Waals surface area contributed by atoms with Gasteiger partial charge >= 0.3 is 6.18 Å². The van der Waals surface area contributed by atoms with Crippen molar-refractivity contribution in [1.82, 2.24) is 0 Å². The van der Waals surface area contributed by atoms with Crippen LogP contribution >= 0.6 is 11.6 Å². The molecule has 5 nitrogen and oxygen atoms in total. The number of carbonyl (C=O) groups is 1. The summed E-state index contributed by atoms with van der Waals surface area (Å²) in [6.07, 6.45) is -4.74. The molecule has 0 spiro atoms. The van der Waals surface area contributed by atoms with Crippen LogP contribution in [0.3, 0.4) is 0 Å². The van der Waals surface area contributed by atoms with Crippen molar-refractivity contribution in [3.8, 4) is 0 Å². The van der Waals surface area contributed by atoms with E-state index in [1.165, 1.54) is 19.1 Å². The second kappa shape index (κ2) is 6.17. The topological polar surface area (TPSA) is 66.5 Å². The molecule has 138 valence electrons. The lowest BCUT2D eigenvalue weighted by atomic mass is 10.1. The van der Waals surface area contributed by atoms with Crippen molar-refractivity contribution in [3.05, 3.63) is 53.1 Å². The van der Waals surface area contributed by atoms with Gasteiger partial charge in [-0.25, -0.2) is 8.42 Å². The third kappa shape index (κ3) is 3.01. The van der Waals surface area contributed by atoms with Crippen molar-refractivity contribution in [3.63, 3.8) is 0 Å². The van der Waals surface area contributed by atoms with Crippen LogP contribution in [0.4, 0.5) is 24.5 Å². The summed E-state index contributed by atoms with van der Waals surface area (Å²) in [6, 6.07) is 6.97. The van der Waals surface area contributed by atoms with E-state index >= 15 is 0 Å². The Morgan fingerprint density at radius 1 is 1.15 bits per heavy atom. The Bertz CT molecular complexity index is 992. The van der Waals surface area contributed by atoms with Gasteiger partial charge in [0.05, 0.1) is 22.0 Å². The molecule has 3 rings (SSSR count). The maximum absolute atomic E-state index is 13.1. The first kappa shape index (κ1) is 18.5. The first-order valence-electron chi connectivity index (χ1n) is 7.34.